The number of fused-ring (bicyclic) bond motifs is 1. The molecule has 0 radical (unpaired) electrons. The Kier molecular flexibility index (Phi) is 5.77. The number of aromatic nitrogens is 3. The molecule has 1 aliphatic carbocycles. The van der Waals surface area contributed by atoms with Crippen LogP contribution in [0.5, 0.6) is 11.5 Å². The number of carbonyl (C=O) groups excluding carboxylic acids is 1. The molecule has 156 valence electrons. The Bertz CT molecular complexity index is 1030. The van der Waals surface area contributed by atoms with Crippen LogP contribution in [0.4, 0.5) is 0 Å². The zero-order chi connectivity index (χ0) is 20.3. The molecule has 0 amide bonds. The maximum Gasteiger partial charge on any atom is 0.231 e. The second-order valence-electron chi connectivity index (χ2n) is 7.60. The molecule has 1 fully saturated rings. The number of benzene rings is 1. The fraction of sp³-hybridized carbons (Fsp3) is 0.409. The van der Waals surface area contributed by atoms with E-state index >= 15 is 0 Å². The van der Waals surface area contributed by atoms with Crippen LogP contribution in [0.3, 0.4) is 0 Å². The number of hydrogen-bond donors (Lipinski definition) is 0. The Morgan fingerprint density at radius 3 is 2.83 bits per heavy atom. The van der Waals surface area contributed by atoms with Crippen molar-refractivity contribution < 1.29 is 14.3 Å². The van der Waals surface area contributed by atoms with E-state index in [1.54, 1.807) is 29.5 Å². The van der Waals surface area contributed by atoms with E-state index in [4.69, 9.17) is 9.47 Å². The molecule has 0 bridgehead atoms. The molecule has 3 heterocycles. The van der Waals surface area contributed by atoms with Crippen LogP contribution in [0, 0.1) is 0 Å². The Balaban J connectivity index is 1.34. The summed E-state index contributed by atoms with van der Waals surface area (Å²) < 4.78 is 13.0. The quantitative estimate of drug-likeness (QED) is 0.374. The van der Waals surface area contributed by atoms with Gasteiger partial charge in [-0.3, -0.25) is 4.79 Å². The number of thioether (sulfide) groups is 1. The Morgan fingerprint density at radius 1 is 1.13 bits per heavy atom. The summed E-state index contributed by atoms with van der Waals surface area (Å²) in [6.07, 6.45) is 6.86. The summed E-state index contributed by atoms with van der Waals surface area (Å²) in [5.74, 6) is 2.70. The van der Waals surface area contributed by atoms with Crippen molar-refractivity contribution in [2.45, 2.75) is 49.7 Å². The van der Waals surface area contributed by atoms with Gasteiger partial charge in [0.25, 0.3) is 0 Å². The maximum absolute atomic E-state index is 12.8. The van der Waals surface area contributed by atoms with Crippen LogP contribution >= 0.6 is 23.1 Å². The van der Waals surface area contributed by atoms with Crippen molar-refractivity contribution in [2.24, 2.45) is 0 Å². The molecular formula is C22H23N3O3S2. The summed E-state index contributed by atoms with van der Waals surface area (Å²) in [7, 11) is 0. The van der Waals surface area contributed by atoms with Crippen molar-refractivity contribution in [1.29, 1.82) is 0 Å². The topological polar surface area (TPSA) is 66.2 Å². The van der Waals surface area contributed by atoms with Crippen molar-refractivity contribution >= 4 is 28.9 Å². The van der Waals surface area contributed by atoms with Gasteiger partial charge < -0.3 is 14.0 Å². The van der Waals surface area contributed by atoms with Gasteiger partial charge in [-0.15, -0.1) is 21.5 Å². The predicted octanol–water partition coefficient (Wildman–Crippen LogP) is 5.14. The average molecular weight is 442 g/mol. The van der Waals surface area contributed by atoms with E-state index in [1.807, 2.05) is 0 Å². The number of nitrogens with zero attached hydrogens (tertiary/aromatic N) is 3. The molecule has 2 aliphatic rings. The molecule has 0 unspecified atom stereocenters. The molecule has 8 heteroatoms. The minimum absolute atomic E-state index is 0.0521. The van der Waals surface area contributed by atoms with Crippen molar-refractivity contribution in [3.8, 4) is 11.5 Å². The first-order valence-corrected chi connectivity index (χ1v) is 12.2. The van der Waals surface area contributed by atoms with E-state index in [-0.39, 0.29) is 12.6 Å². The molecule has 5 rings (SSSR count). The van der Waals surface area contributed by atoms with E-state index < -0.39 is 0 Å². The third-order valence-corrected chi connectivity index (χ3v) is 7.43. The molecule has 0 N–H and O–H groups in total. The lowest BCUT2D eigenvalue weighted by Crippen LogP contribution is -2.17. The first-order chi connectivity index (χ1) is 14.8. The minimum Gasteiger partial charge on any atom is -0.454 e. The number of Topliss-reactive ketones (excluding diaryl/α,β-unsaturated/α-hetero) is 1. The highest BCUT2D eigenvalue weighted by atomic mass is 32.2. The number of carbonyl (C=O) groups is 1. The van der Waals surface area contributed by atoms with Crippen LogP contribution in [0.15, 0.2) is 40.9 Å². The molecule has 3 aromatic rings. The van der Waals surface area contributed by atoms with E-state index in [0.717, 1.165) is 30.2 Å². The van der Waals surface area contributed by atoms with Gasteiger partial charge in [0.1, 0.15) is 5.82 Å². The van der Waals surface area contributed by atoms with Gasteiger partial charge in [0.05, 0.1) is 5.75 Å². The van der Waals surface area contributed by atoms with Gasteiger partial charge in [-0.1, -0.05) is 37.1 Å². The molecule has 1 aromatic carbocycles. The summed E-state index contributed by atoms with van der Waals surface area (Å²) >= 11 is 3.23. The minimum atomic E-state index is 0.0521. The van der Waals surface area contributed by atoms with Crippen molar-refractivity contribution in [3.05, 3.63) is 52.0 Å². The smallest absolute Gasteiger partial charge is 0.231 e. The molecule has 0 spiro atoms. The van der Waals surface area contributed by atoms with Gasteiger partial charge >= 0.3 is 0 Å². The maximum atomic E-state index is 12.8. The molecule has 0 saturated heterocycles. The van der Waals surface area contributed by atoms with Crippen molar-refractivity contribution in [3.63, 3.8) is 0 Å². The standard InChI is InChI=1S/C22H23N3O3S2/c26-18(15-8-9-19-20(11-15)28-14-27-19)13-30-22-24-23-21(12-17-7-4-10-29-17)25(22)16-5-2-1-3-6-16/h4,7-11,16H,1-3,5-6,12-14H2. The summed E-state index contributed by atoms with van der Waals surface area (Å²) in [4.78, 5) is 14.1. The average Bonchev–Trinajstić information content (AvgIpc) is 3.53. The van der Waals surface area contributed by atoms with Crippen molar-refractivity contribution in [2.75, 3.05) is 12.5 Å². The molecule has 6 nitrogen and oxygen atoms in total. The van der Waals surface area contributed by atoms with Crippen LogP contribution in [0.2, 0.25) is 0 Å². The lowest BCUT2D eigenvalue weighted by Gasteiger charge is -2.25. The fourth-order valence-electron chi connectivity index (χ4n) is 4.08. The highest BCUT2D eigenvalue weighted by Crippen LogP contribution is 2.35. The zero-order valence-corrected chi connectivity index (χ0v) is 18.2. The van der Waals surface area contributed by atoms with Crippen LogP contribution in [-0.4, -0.2) is 33.1 Å². The van der Waals surface area contributed by atoms with Crippen LogP contribution < -0.4 is 9.47 Å². The van der Waals surface area contributed by atoms with Crippen LogP contribution in [-0.2, 0) is 6.42 Å². The van der Waals surface area contributed by atoms with E-state index in [1.165, 1.54) is 35.9 Å². The normalized spacial score (nSPS) is 16.1. The summed E-state index contributed by atoms with van der Waals surface area (Å²) in [6, 6.07) is 9.99. The molecule has 1 saturated carbocycles. The van der Waals surface area contributed by atoms with E-state index in [2.05, 4.69) is 32.3 Å². The highest BCUT2D eigenvalue weighted by molar-refractivity contribution is 7.99. The second kappa shape index (κ2) is 8.81. The lowest BCUT2D eigenvalue weighted by atomic mass is 9.95. The third-order valence-electron chi connectivity index (χ3n) is 5.61. The monoisotopic (exact) mass is 441 g/mol. The molecule has 2 aromatic heterocycles. The zero-order valence-electron chi connectivity index (χ0n) is 16.6. The van der Waals surface area contributed by atoms with E-state index in [9.17, 15) is 4.79 Å². The summed E-state index contributed by atoms with van der Waals surface area (Å²) in [6.45, 7) is 0.208. The lowest BCUT2D eigenvalue weighted by molar-refractivity contribution is 0.102. The number of thiophene rings is 1. The number of ether oxygens (including phenoxy) is 2. The first kappa shape index (κ1) is 19.6. The van der Waals surface area contributed by atoms with Gasteiger partial charge in [0.2, 0.25) is 6.79 Å². The Morgan fingerprint density at radius 2 is 2.00 bits per heavy atom. The molecule has 30 heavy (non-hydrogen) atoms. The third kappa shape index (κ3) is 4.11. The fourth-order valence-corrected chi connectivity index (χ4v) is 5.71. The van der Waals surface area contributed by atoms with Gasteiger partial charge in [-0.25, -0.2) is 0 Å². The second-order valence-corrected chi connectivity index (χ2v) is 9.57. The predicted molar refractivity (Wildman–Crippen MR) is 117 cm³/mol. The Labute approximate surface area is 183 Å². The molecule has 1 aliphatic heterocycles. The largest absolute Gasteiger partial charge is 0.454 e. The van der Waals surface area contributed by atoms with Gasteiger partial charge in [-0.2, -0.15) is 0 Å². The van der Waals surface area contributed by atoms with Gasteiger partial charge in [0, 0.05) is 22.9 Å². The van der Waals surface area contributed by atoms with Crippen LogP contribution in [0.25, 0.3) is 0 Å². The van der Waals surface area contributed by atoms with Gasteiger partial charge in [-0.05, 0) is 42.5 Å². The summed E-state index contributed by atoms with van der Waals surface area (Å²) in [5, 5.41) is 11.9. The van der Waals surface area contributed by atoms with Gasteiger partial charge in [0.15, 0.2) is 22.4 Å². The van der Waals surface area contributed by atoms with Crippen LogP contribution in [0.1, 0.15) is 59.2 Å². The summed E-state index contributed by atoms with van der Waals surface area (Å²) in [5.41, 5.74) is 0.634. The Hall–Kier alpha value is -2.32. The highest BCUT2D eigenvalue weighted by Gasteiger charge is 2.24. The number of hydrogen-bond acceptors (Lipinski definition) is 7. The number of ketones is 1. The first-order valence-electron chi connectivity index (χ1n) is 10.3. The van der Waals surface area contributed by atoms with E-state index in [0.29, 0.717) is 28.9 Å². The molecular weight excluding hydrogens is 418 g/mol. The SMILES string of the molecule is O=C(CSc1nnc(Cc2cccs2)n1C1CCCCC1)c1ccc2c(c1)OCO2. The van der Waals surface area contributed by atoms with Crippen molar-refractivity contribution in [1.82, 2.24) is 14.8 Å². The number of rotatable bonds is 7. The molecule has 0 atom stereocenters.